The SMILES string of the molecule is CCC(C)(C)C(=O)OCC[N+](CC)(CC)CCCS(=O)(=O)O. The Morgan fingerprint density at radius 2 is 1.68 bits per heavy atom. The zero-order valence-electron chi connectivity index (χ0n) is 14.6. The third-order valence-electron chi connectivity index (χ3n) is 4.61. The van der Waals surface area contributed by atoms with Gasteiger partial charge in [-0.25, -0.2) is 0 Å². The minimum Gasteiger partial charge on any atom is -0.459 e. The molecule has 0 amide bonds. The molecule has 6 nitrogen and oxygen atoms in total. The van der Waals surface area contributed by atoms with Gasteiger partial charge in [-0.3, -0.25) is 9.35 Å². The zero-order chi connectivity index (χ0) is 17.4. The molecule has 0 bridgehead atoms. The monoisotopic (exact) mass is 338 g/mol. The number of likely N-dealkylation sites (N-methyl/N-ethyl adjacent to an activating group) is 1. The summed E-state index contributed by atoms with van der Waals surface area (Å²) in [4.78, 5) is 12.0. The molecule has 0 spiro atoms. The summed E-state index contributed by atoms with van der Waals surface area (Å²) in [6, 6.07) is 0. The Balaban J connectivity index is 4.48. The van der Waals surface area contributed by atoms with Crippen LogP contribution in [0.3, 0.4) is 0 Å². The average Bonchev–Trinajstić information content (AvgIpc) is 2.44. The number of nitrogens with zero attached hydrogens (tertiary/aromatic N) is 1. The average molecular weight is 338 g/mol. The van der Waals surface area contributed by atoms with E-state index in [2.05, 4.69) is 0 Å². The van der Waals surface area contributed by atoms with Crippen LogP contribution in [0, 0.1) is 5.41 Å². The van der Waals surface area contributed by atoms with E-state index in [1.807, 2.05) is 34.6 Å². The van der Waals surface area contributed by atoms with Crippen LogP contribution in [-0.2, 0) is 19.6 Å². The molecule has 132 valence electrons. The molecule has 0 atom stereocenters. The van der Waals surface area contributed by atoms with Gasteiger partial charge in [0.2, 0.25) is 0 Å². The first-order valence-electron chi connectivity index (χ1n) is 7.99. The Hall–Kier alpha value is -0.660. The minimum atomic E-state index is -3.92. The highest BCUT2D eigenvalue weighted by molar-refractivity contribution is 7.85. The van der Waals surface area contributed by atoms with Crippen molar-refractivity contribution in [2.45, 2.75) is 47.5 Å². The largest absolute Gasteiger partial charge is 0.459 e. The molecule has 0 aromatic carbocycles. The molecule has 0 aromatic heterocycles. The van der Waals surface area contributed by atoms with Crippen LogP contribution < -0.4 is 0 Å². The molecule has 7 heteroatoms. The molecular weight excluding hydrogens is 306 g/mol. The Bertz CT molecular complexity index is 441. The van der Waals surface area contributed by atoms with Crippen molar-refractivity contribution >= 4 is 16.1 Å². The summed E-state index contributed by atoms with van der Waals surface area (Å²) in [5, 5.41) is 0. The van der Waals surface area contributed by atoms with Crippen molar-refractivity contribution in [3.8, 4) is 0 Å². The molecule has 0 aliphatic carbocycles. The smallest absolute Gasteiger partial charge is 0.311 e. The number of rotatable bonds is 11. The van der Waals surface area contributed by atoms with E-state index in [4.69, 9.17) is 9.29 Å². The maximum absolute atomic E-state index is 12.0. The van der Waals surface area contributed by atoms with Crippen LogP contribution >= 0.6 is 0 Å². The lowest BCUT2D eigenvalue weighted by atomic mass is 9.91. The highest BCUT2D eigenvalue weighted by atomic mass is 32.2. The second kappa shape index (κ2) is 8.84. The molecule has 0 aliphatic heterocycles. The Kier molecular flexibility index (Phi) is 8.57. The highest BCUT2D eigenvalue weighted by Crippen LogP contribution is 2.21. The normalized spacial score (nSPS) is 13.2. The lowest BCUT2D eigenvalue weighted by Gasteiger charge is -2.37. The fourth-order valence-electron chi connectivity index (χ4n) is 2.22. The maximum atomic E-state index is 12.0. The van der Waals surface area contributed by atoms with Crippen molar-refractivity contribution < 1.29 is 27.0 Å². The standard InChI is InChI=1S/C15H31NO5S/c1-6-15(4,5)14(17)21-12-11-16(7-2,8-3)10-9-13-22(18,19)20/h6-13H2,1-5H3/p+1. The van der Waals surface area contributed by atoms with Crippen molar-refractivity contribution in [1.82, 2.24) is 0 Å². The van der Waals surface area contributed by atoms with E-state index in [9.17, 15) is 13.2 Å². The van der Waals surface area contributed by atoms with E-state index < -0.39 is 15.5 Å². The van der Waals surface area contributed by atoms with Crippen LogP contribution in [-0.4, -0.2) is 62.0 Å². The number of ether oxygens (including phenoxy) is 1. The quantitative estimate of drug-likeness (QED) is 0.354. The number of hydrogen-bond donors (Lipinski definition) is 1. The van der Waals surface area contributed by atoms with Gasteiger partial charge in [0, 0.05) is 6.42 Å². The van der Waals surface area contributed by atoms with Crippen molar-refractivity contribution in [3.05, 3.63) is 0 Å². The number of carbonyl (C=O) groups is 1. The lowest BCUT2D eigenvalue weighted by Crippen LogP contribution is -2.51. The summed E-state index contributed by atoms with van der Waals surface area (Å²) in [5.74, 6) is -0.423. The minimum absolute atomic E-state index is 0.196. The van der Waals surface area contributed by atoms with Crippen LogP contribution in [0.15, 0.2) is 0 Å². The van der Waals surface area contributed by atoms with Gasteiger partial charge in [0.15, 0.2) is 0 Å². The number of hydrogen-bond acceptors (Lipinski definition) is 4. The van der Waals surface area contributed by atoms with Crippen LogP contribution in [0.2, 0.25) is 0 Å². The number of quaternary nitrogens is 1. The first-order chi connectivity index (χ1) is 10.0. The van der Waals surface area contributed by atoms with E-state index >= 15 is 0 Å². The second-order valence-corrected chi connectivity index (χ2v) is 8.01. The van der Waals surface area contributed by atoms with Gasteiger partial charge >= 0.3 is 5.97 Å². The van der Waals surface area contributed by atoms with Gasteiger partial charge in [-0.05, 0) is 34.1 Å². The summed E-state index contributed by atoms with van der Waals surface area (Å²) in [5.41, 5.74) is -0.473. The predicted molar refractivity (Wildman–Crippen MR) is 87.1 cm³/mol. The Morgan fingerprint density at radius 1 is 1.14 bits per heavy atom. The summed E-state index contributed by atoms with van der Waals surface area (Å²) < 4.78 is 36.5. The summed E-state index contributed by atoms with van der Waals surface area (Å²) in [6.07, 6.45) is 1.12. The van der Waals surface area contributed by atoms with Crippen molar-refractivity contribution in [2.24, 2.45) is 5.41 Å². The van der Waals surface area contributed by atoms with Crippen molar-refractivity contribution in [1.29, 1.82) is 0 Å². The van der Waals surface area contributed by atoms with Gasteiger partial charge in [0.1, 0.15) is 13.2 Å². The van der Waals surface area contributed by atoms with Crippen LogP contribution in [0.5, 0.6) is 0 Å². The van der Waals surface area contributed by atoms with Gasteiger partial charge in [0.05, 0.1) is 30.8 Å². The first kappa shape index (κ1) is 21.3. The van der Waals surface area contributed by atoms with E-state index in [0.717, 1.165) is 19.5 Å². The molecule has 0 aromatic rings. The molecular formula is C15H32NO5S+. The van der Waals surface area contributed by atoms with E-state index in [1.165, 1.54) is 0 Å². The van der Waals surface area contributed by atoms with Crippen LogP contribution in [0.4, 0.5) is 0 Å². The van der Waals surface area contributed by atoms with Gasteiger partial charge in [-0.2, -0.15) is 8.42 Å². The van der Waals surface area contributed by atoms with Crippen LogP contribution in [0.1, 0.15) is 47.5 Å². The molecule has 0 aliphatic rings. The molecule has 0 saturated carbocycles. The van der Waals surface area contributed by atoms with Crippen molar-refractivity contribution in [3.63, 3.8) is 0 Å². The van der Waals surface area contributed by atoms with Gasteiger partial charge < -0.3 is 9.22 Å². The fourth-order valence-corrected chi connectivity index (χ4v) is 2.72. The summed E-state index contributed by atoms with van der Waals surface area (Å²) in [7, 11) is -3.92. The molecule has 1 N–H and O–H groups in total. The van der Waals surface area contributed by atoms with Crippen LogP contribution in [0.25, 0.3) is 0 Å². The van der Waals surface area contributed by atoms with Gasteiger partial charge in [-0.15, -0.1) is 0 Å². The fraction of sp³-hybridized carbons (Fsp3) is 0.933. The van der Waals surface area contributed by atoms with Gasteiger partial charge in [0.25, 0.3) is 10.1 Å². The Labute approximate surface area is 135 Å². The molecule has 0 fully saturated rings. The van der Waals surface area contributed by atoms with Crippen molar-refractivity contribution in [2.75, 3.05) is 38.5 Å². The molecule has 0 rings (SSSR count). The number of esters is 1. The Morgan fingerprint density at radius 3 is 2.09 bits per heavy atom. The third-order valence-corrected chi connectivity index (χ3v) is 5.42. The predicted octanol–water partition coefficient (Wildman–Crippen LogP) is 2.10. The van der Waals surface area contributed by atoms with E-state index in [0.29, 0.717) is 30.6 Å². The summed E-state index contributed by atoms with van der Waals surface area (Å²) >= 11 is 0. The molecule has 0 saturated heterocycles. The molecule has 22 heavy (non-hydrogen) atoms. The maximum Gasteiger partial charge on any atom is 0.311 e. The number of carbonyl (C=O) groups excluding carboxylic acids is 1. The molecule has 0 radical (unpaired) electrons. The lowest BCUT2D eigenvalue weighted by molar-refractivity contribution is -0.925. The summed E-state index contributed by atoms with van der Waals surface area (Å²) in [6.45, 7) is 13.0. The van der Waals surface area contributed by atoms with E-state index in [1.54, 1.807) is 0 Å². The highest BCUT2D eigenvalue weighted by Gasteiger charge is 2.29. The molecule has 0 unspecified atom stereocenters. The van der Waals surface area contributed by atoms with Gasteiger partial charge in [-0.1, -0.05) is 6.92 Å². The first-order valence-corrected chi connectivity index (χ1v) is 9.60. The zero-order valence-corrected chi connectivity index (χ0v) is 15.4. The topological polar surface area (TPSA) is 80.7 Å². The molecule has 0 heterocycles. The third kappa shape index (κ3) is 7.56. The second-order valence-electron chi connectivity index (χ2n) is 6.43. The van der Waals surface area contributed by atoms with E-state index in [-0.39, 0.29) is 11.7 Å².